The van der Waals surface area contributed by atoms with Gasteiger partial charge in [0.2, 0.25) is 0 Å². The molecule has 1 heterocycles. The molecule has 18 heavy (non-hydrogen) atoms. The molecule has 1 fully saturated rings. The van der Waals surface area contributed by atoms with Crippen molar-refractivity contribution < 1.29 is 9.18 Å². The van der Waals surface area contributed by atoms with Crippen LogP contribution >= 0.6 is 12.4 Å². The lowest BCUT2D eigenvalue weighted by atomic mass is 10.2. The van der Waals surface area contributed by atoms with Gasteiger partial charge < -0.3 is 16.0 Å². The molecule has 1 saturated heterocycles. The predicted octanol–water partition coefficient (Wildman–Crippen LogP) is 1.41. The summed E-state index contributed by atoms with van der Waals surface area (Å²) in [5.41, 5.74) is 0.493. The molecule has 0 aromatic heterocycles. The summed E-state index contributed by atoms with van der Waals surface area (Å²) in [5.74, 6) is -0.296. The minimum absolute atomic E-state index is 0. The lowest BCUT2D eigenvalue weighted by Crippen LogP contribution is -2.42. The van der Waals surface area contributed by atoms with Crippen molar-refractivity contribution in [1.29, 1.82) is 0 Å². The van der Waals surface area contributed by atoms with Crippen molar-refractivity contribution >= 4 is 18.4 Å². The summed E-state index contributed by atoms with van der Waals surface area (Å²) >= 11 is 0. The average Bonchev–Trinajstić information content (AvgIpc) is 2.81. The first-order valence-electron chi connectivity index (χ1n) is 5.74. The number of carbonyl (C=O) groups is 1. The maximum absolute atomic E-state index is 13.3. The van der Waals surface area contributed by atoms with Crippen molar-refractivity contribution in [3.05, 3.63) is 35.6 Å². The second-order valence-corrected chi connectivity index (χ2v) is 4.11. The summed E-state index contributed by atoms with van der Waals surface area (Å²) in [6.07, 6.45) is 0.938. The third kappa shape index (κ3) is 4.16. The van der Waals surface area contributed by atoms with Crippen LogP contribution in [0.25, 0.3) is 0 Å². The number of hydrogen-bond donors (Lipinski definition) is 3. The van der Waals surface area contributed by atoms with E-state index in [-0.39, 0.29) is 36.8 Å². The van der Waals surface area contributed by atoms with Gasteiger partial charge in [-0.3, -0.25) is 0 Å². The summed E-state index contributed by atoms with van der Waals surface area (Å²) < 4.78 is 13.3. The third-order valence-electron chi connectivity index (χ3n) is 2.79. The fourth-order valence-corrected chi connectivity index (χ4v) is 1.83. The molecule has 100 valence electrons. The summed E-state index contributed by atoms with van der Waals surface area (Å²) in [5, 5.41) is 8.64. The van der Waals surface area contributed by atoms with Crippen LogP contribution in [0.5, 0.6) is 0 Å². The van der Waals surface area contributed by atoms with Crippen LogP contribution in [0, 0.1) is 5.82 Å². The SMILES string of the molecule is Cl.O=C(NCc1ccccc1F)NC1CCNC1. The van der Waals surface area contributed by atoms with Crippen molar-refractivity contribution in [1.82, 2.24) is 16.0 Å². The molecule has 0 spiro atoms. The maximum Gasteiger partial charge on any atom is 0.315 e. The number of benzene rings is 1. The van der Waals surface area contributed by atoms with E-state index in [1.54, 1.807) is 18.2 Å². The Labute approximate surface area is 112 Å². The number of nitrogens with one attached hydrogen (secondary N) is 3. The predicted molar refractivity (Wildman–Crippen MR) is 70.3 cm³/mol. The largest absolute Gasteiger partial charge is 0.334 e. The van der Waals surface area contributed by atoms with E-state index in [2.05, 4.69) is 16.0 Å². The second kappa shape index (κ2) is 7.18. The van der Waals surface area contributed by atoms with Crippen molar-refractivity contribution in [2.24, 2.45) is 0 Å². The second-order valence-electron chi connectivity index (χ2n) is 4.11. The number of halogens is 2. The molecule has 1 aromatic carbocycles. The number of urea groups is 1. The first kappa shape index (κ1) is 14.7. The van der Waals surface area contributed by atoms with E-state index in [0.29, 0.717) is 5.56 Å². The molecule has 1 atom stereocenters. The van der Waals surface area contributed by atoms with Gasteiger partial charge in [0.25, 0.3) is 0 Å². The highest BCUT2D eigenvalue weighted by molar-refractivity contribution is 5.85. The standard InChI is InChI=1S/C12H16FN3O.ClH/c13-11-4-2-1-3-9(11)7-15-12(17)16-10-5-6-14-8-10;/h1-4,10,14H,5-8H2,(H2,15,16,17);1H. The van der Waals surface area contributed by atoms with Crippen molar-refractivity contribution in [2.45, 2.75) is 19.0 Å². The number of hydrogen-bond acceptors (Lipinski definition) is 2. The molecule has 4 nitrogen and oxygen atoms in total. The Bertz CT molecular complexity index is 397. The zero-order chi connectivity index (χ0) is 12.1. The Morgan fingerprint density at radius 1 is 1.44 bits per heavy atom. The molecule has 1 aliphatic heterocycles. The molecule has 3 N–H and O–H groups in total. The lowest BCUT2D eigenvalue weighted by molar-refractivity contribution is 0.237. The van der Waals surface area contributed by atoms with E-state index in [1.807, 2.05) is 0 Å². The van der Waals surface area contributed by atoms with Gasteiger partial charge in [0.15, 0.2) is 0 Å². The zero-order valence-corrected chi connectivity index (χ0v) is 10.7. The summed E-state index contributed by atoms with van der Waals surface area (Å²) in [7, 11) is 0. The van der Waals surface area contributed by atoms with E-state index in [9.17, 15) is 9.18 Å². The Kier molecular flexibility index (Phi) is 5.88. The molecule has 1 unspecified atom stereocenters. The summed E-state index contributed by atoms with van der Waals surface area (Å²) in [4.78, 5) is 11.5. The molecule has 2 rings (SSSR count). The number of rotatable bonds is 3. The topological polar surface area (TPSA) is 53.2 Å². The van der Waals surface area contributed by atoms with E-state index < -0.39 is 0 Å². The Morgan fingerprint density at radius 3 is 2.89 bits per heavy atom. The summed E-state index contributed by atoms with van der Waals surface area (Å²) in [6.45, 7) is 1.93. The Hall–Kier alpha value is -1.33. The van der Waals surface area contributed by atoms with Gasteiger partial charge in [0, 0.05) is 24.7 Å². The van der Waals surface area contributed by atoms with Gasteiger partial charge in [-0.15, -0.1) is 12.4 Å². The highest BCUT2D eigenvalue weighted by Gasteiger charge is 2.16. The highest BCUT2D eigenvalue weighted by Crippen LogP contribution is 2.05. The minimum Gasteiger partial charge on any atom is -0.334 e. The molecule has 0 bridgehead atoms. The van der Waals surface area contributed by atoms with Gasteiger partial charge in [-0.1, -0.05) is 18.2 Å². The van der Waals surface area contributed by atoms with Gasteiger partial charge in [-0.2, -0.15) is 0 Å². The summed E-state index contributed by atoms with van der Waals surface area (Å²) in [6, 6.07) is 6.35. The van der Waals surface area contributed by atoms with Crippen molar-refractivity contribution in [2.75, 3.05) is 13.1 Å². The molecule has 2 amide bonds. The van der Waals surface area contributed by atoms with Crippen LogP contribution in [-0.4, -0.2) is 25.2 Å². The average molecular weight is 274 g/mol. The van der Waals surface area contributed by atoms with Crippen molar-refractivity contribution in [3.8, 4) is 0 Å². The third-order valence-corrected chi connectivity index (χ3v) is 2.79. The van der Waals surface area contributed by atoms with Gasteiger partial charge in [-0.25, -0.2) is 9.18 Å². The molecular weight excluding hydrogens is 257 g/mol. The van der Waals surface area contributed by atoms with Crippen LogP contribution in [0.3, 0.4) is 0 Å². The van der Waals surface area contributed by atoms with Gasteiger partial charge in [-0.05, 0) is 19.0 Å². The van der Waals surface area contributed by atoms with Gasteiger partial charge in [0.05, 0.1) is 0 Å². The van der Waals surface area contributed by atoms with E-state index in [0.717, 1.165) is 19.5 Å². The molecule has 1 aliphatic rings. The monoisotopic (exact) mass is 273 g/mol. The van der Waals surface area contributed by atoms with Crippen LogP contribution < -0.4 is 16.0 Å². The fraction of sp³-hybridized carbons (Fsp3) is 0.417. The van der Waals surface area contributed by atoms with Crippen LogP contribution in [0.4, 0.5) is 9.18 Å². The lowest BCUT2D eigenvalue weighted by Gasteiger charge is -2.12. The molecular formula is C12H17ClFN3O. The van der Waals surface area contributed by atoms with Crippen LogP contribution in [0.2, 0.25) is 0 Å². The first-order valence-corrected chi connectivity index (χ1v) is 5.74. The van der Waals surface area contributed by atoms with Crippen molar-refractivity contribution in [3.63, 3.8) is 0 Å². The minimum atomic E-state index is -0.296. The highest BCUT2D eigenvalue weighted by atomic mass is 35.5. The van der Waals surface area contributed by atoms with Crippen LogP contribution in [0.1, 0.15) is 12.0 Å². The quantitative estimate of drug-likeness (QED) is 0.780. The molecule has 0 saturated carbocycles. The fourth-order valence-electron chi connectivity index (χ4n) is 1.83. The molecule has 1 aromatic rings. The van der Waals surface area contributed by atoms with Crippen LogP contribution in [0.15, 0.2) is 24.3 Å². The smallest absolute Gasteiger partial charge is 0.315 e. The molecule has 0 aliphatic carbocycles. The zero-order valence-electron chi connectivity index (χ0n) is 9.91. The van der Waals surface area contributed by atoms with Crippen LogP contribution in [-0.2, 0) is 6.54 Å². The van der Waals surface area contributed by atoms with E-state index >= 15 is 0 Å². The molecule has 6 heteroatoms. The Morgan fingerprint density at radius 2 is 2.22 bits per heavy atom. The number of carbonyl (C=O) groups excluding carboxylic acids is 1. The maximum atomic E-state index is 13.3. The normalized spacial score (nSPS) is 17.9. The first-order chi connectivity index (χ1) is 8.25. The van der Waals surface area contributed by atoms with Gasteiger partial charge in [0.1, 0.15) is 5.82 Å². The Balaban J connectivity index is 0.00000162. The van der Waals surface area contributed by atoms with E-state index in [1.165, 1.54) is 6.07 Å². The number of amides is 2. The molecule has 0 radical (unpaired) electrons. The van der Waals surface area contributed by atoms with Gasteiger partial charge >= 0.3 is 6.03 Å². The van der Waals surface area contributed by atoms with E-state index in [4.69, 9.17) is 0 Å².